The van der Waals surface area contributed by atoms with Crippen LogP contribution in [0.3, 0.4) is 0 Å². The van der Waals surface area contributed by atoms with Gasteiger partial charge in [0.05, 0.1) is 21.5 Å². The van der Waals surface area contributed by atoms with Crippen LogP contribution >= 0.6 is 27.5 Å². The Morgan fingerprint density at radius 3 is 2.70 bits per heavy atom. The van der Waals surface area contributed by atoms with Crippen LogP contribution in [-0.2, 0) is 4.79 Å². The summed E-state index contributed by atoms with van der Waals surface area (Å²) in [6, 6.07) is 7.56. The van der Waals surface area contributed by atoms with E-state index in [0.29, 0.717) is 16.0 Å². The summed E-state index contributed by atoms with van der Waals surface area (Å²) >= 11 is 9.27. The Balaban J connectivity index is 2.24. The number of aromatic nitrogens is 2. The number of halogens is 2. The van der Waals surface area contributed by atoms with Crippen molar-refractivity contribution in [1.29, 1.82) is 0 Å². The zero-order valence-corrected chi connectivity index (χ0v) is 14.6. The number of carbonyl (C=O) groups is 1. The Bertz CT molecular complexity index is 853. The molecule has 6 nitrogen and oxygen atoms in total. The molecule has 0 saturated carbocycles. The molecule has 0 radical (unpaired) electrons. The minimum atomic E-state index is -1.11. The summed E-state index contributed by atoms with van der Waals surface area (Å²) in [5, 5.41) is 12.9. The van der Waals surface area contributed by atoms with Crippen molar-refractivity contribution in [3.63, 3.8) is 0 Å². The Morgan fingerprint density at radius 2 is 2.04 bits per heavy atom. The fourth-order valence-electron chi connectivity index (χ4n) is 2.44. The van der Waals surface area contributed by atoms with Gasteiger partial charge in [0, 0.05) is 7.05 Å². The summed E-state index contributed by atoms with van der Waals surface area (Å²) in [5.41, 5.74) is 2.53. The number of carboxylic acid groups (broad SMARTS) is 1. The lowest BCUT2D eigenvalue weighted by atomic mass is 10.1. The highest BCUT2D eigenvalue weighted by atomic mass is 79.9. The molecule has 1 aromatic carbocycles. The molecule has 1 aliphatic heterocycles. The Hall–Kier alpha value is -2.12. The van der Waals surface area contributed by atoms with Crippen LogP contribution in [0.25, 0.3) is 5.57 Å². The maximum Gasteiger partial charge on any atom is 0.341 e. The molecule has 2 aromatic rings. The number of para-hydroxylation sites is 2. The second-order valence-corrected chi connectivity index (χ2v) is 6.10. The van der Waals surface area contributed by atoms with Gasteiger partial charge in [-0.15, -0.1) is 0 Å². The van der Waals surface area contributed by atoms with E-state index in [1.807, 2.05) is 24.3 Å². The van der Waals surface area contributed by atoms with E-state index >= 15 is 0 Å². The number of aliphatic carboxylic acids is 1. The van der Waals surface area contributed by atoms with E-state index in [1.54, 1.807) is 18.9 Å². The molecule has 0 unspecified atom stereocenters. The second-order valence-electron chi connectivity index (χ2n) is 4.97. The van der Waals surface area contributed by atoms with Crippen LogP contribution in [0, 0.1) is 6.92 Å². The van der Waals surface area contributed by atoms with Gasteiger partial charge in [0.1, 0.15) is 17.1 Å². The van der Waals surface area contributed by atoms with Crippen molar-refractivity contribution in [3.8, 4) is 0 Å². The Kier molecular flexibility index (Phi) is 3.99. The normalized spacial score (nSPS) is 15.2. The molecule has 0 fully saturated rings. The molecule has 0 amide bonds. The Morgan fingerprint density at radius 1 is 1.35 bits per heavy atom. The van der Waals surface area contributed by atoms with Crippen LogP contribution in [0.1, 0.15) is 11.4 Å². The number of carboxylic acids is 1. The fourth-order valence-corrected chi connectivity index (χ4v) is 3.03. The molecule has 0 saturated heterocycles. The second kappa shape index (κ2) is 5.82. The molecule has 2 N–H and O–H groups in total. The van der Waals surface area contributed by atoms with Crippen LogP contribution in [0.15, 0.2) is 34.6 Å². The predicted molar refractivity (Wildman–Crippen MR) is 92.5 cm³/mol. The molecule has 118 valence electrons. The van der Waals surface area contributed by atoms with Crippen LogP contribution in [0.4, 0.5) is 11.4 Å². The molecule has 0 atom stereocenters. The molecular formula is C15H12BrClN4O2. The highest BCUT2D eigenvalue weighted by Crippen LogP contribution is 2.39. The number of hydrogen-bond donors (Lipinski definition) is 2. The molecule has 23 heavy (non-hydrogen) atoms. The highest BCUT2D eigenvalue weighted by molar-refractivity contribution is 9.10. The van der Waals surface area contributed by atoms with E-state index in [1.165, 1.54) is 0 Å². The quantitative estimate of drug-likeness (QED) is 0.598. The minimum absolute atomic E-state index is 0.00165. The number of nitrogens with zero attached hydrogens (tertiary/aromatic N) is 3. The highest BCUT2D eigenvalue weighted by Gasteiger charge is 2.30. The van der Waals surface area contributed by atoms with Gasteiger partial charge in [-0.1, -0.05) is 12.1 Å². The molecule has 3 rings (SSSR count). The predicted octanol–water partition coefficient (Wildman–Crippen LogP) is 3.52. The van der Waals surface area contributed by atoms with E-state index in [4.69, 9.17) is 11.6 Å². The van der Waals surface area contributed by atoms with Gasteiger partial charge in [0.25, 0.3) is 0 Å². The number of anilines is 2. The van der Waals surface area contributed by atoms with Crippen LogP contribution < -0.4 is 10.2 Å². The molecule has 0 aliphatic carbocycles. The maximum atomic E-state index is 11.9. The molecule has 8 heteroatoms. The van der Waals surface area contributed by atoms with Crippen molar-refractivity contribution in [1.82, 2.24) is 9.97 Å². The smallest absolute Gasteiger partial charge is 0.341 e. The molecule has 1 aromatic heterocycles. The third-order valence-corrected chi connectivity index (χ3v) is 4.65. The summed E-state index contributed by atoms with van der Waals surface area (Å²) in [5.74, 6) is -0.685. The lowest BCUT2D eigenvalue weighted by Crippen LogP contribution is -2.21. The molecular weight excluding hydrogens is 384 g/mol. The lowest BCUT2D eigenvalue weighted by Gasteiger charge is -2.17. The van der Waals surface area contributed by atoms with Gasteiger partial charge in [-0.25, -0.2) is 14.8 Å². The van der Waals surface area contributed by atoms with E-state index in [9.17, 15) is 9.90 Å². The first kappa shape index (κ1) is 15.8. The number of fused-ring (bicyclic) bond motifs is 1. The van der Waals surface area contributed by atoms with Crippen LogP contribution in [0.5, 0.6) is 0 Å². The van der Waals surface area contributed by atoms with Gasteiger partial charge >= 0.3 is 5.97 Å². The monoisotopic (exact) mass is 394 g/mol. The third kappa shape index (κ3) is 2.66. The number of hydrogen-bond acceptors (Lipinski definition) is 5. The molecule has 1 aliphatic rings. The van der Waals surface area contributed by atoms with Gasteiger partial charge in [0.15, 0.2) is 0 Å². The van der Waals surface area contributed by atoms with Crippen molar-refractivity contribution in [2.75, 3.05) is 17.3 Å². The summed E-state index contributed by atoms with van der Waals surface area (Å²) in [6.07, 6.45) is 0. The average molecular weight is 396 g/mol. The Labute approximate surface area is 145 Å². The number of rotatable bonds is 2. The summed E-state index contributed by atoms with van der Waals surface area (Å²) < 4.78 is 0.498. The summed E-state index contributed by atoms with van der Waals surface area (Å²) in [7, 11) is 1.79. The van der Waals surface area contributed by atoms with Crippen molar-refractivity contribution in [2.45, 2.75) is 6.92 Å². The third-order valence-electron chi connectivity index (χ3n) is 3.53. The maximum absolute atomic E-state index is 11.9. The van der Waals surface area contributed by atoms with Gasteiger partial charge in [-0.3, -0.25) is 0 Å². The standard InChI is InChI=1S/C15H12BrClN4O2/c1-7-11(16)12(20-15(17)18-7)10(14(22)23)13-19-8-5-3-4-6-9(8)21(13)2/h3-6,19H,1-2H3,(H,22,23)/b13-10-. The lowest BCUT2D eigenvalue weighted by molar-refractivity contribution is -0.130. The van der Waals surface area contributed by atoms with Gasteiger partial charge < -0.3 is 15.3 Å². The van der Waals surface area contributed by atoms with Crippen molar-refractivity contribution < 1.29 is 9.90 Å². The van der Waals surface area contributed by atoms with Crippen molar-refractivity contribution in [3.05, 3.63) is 51.2 Å². The molecule has 2 heterocycles. The fraction of sp³-hybridized carbons (Fsp3) is 0.133. The first-order valence-corrected chi connectivity index (χ1v) is 7.84. The minimum Gasteiger partial charge on any atom is -0.477 e. The zero-order chi connectivity index (χ0) is 16.7. The van der Waals surface area contributed by atoms with Crippen molar-refractivity contribution >= 4 is 50.4 Å². The number of benzene rings is 1. The summed E-state index contributed by atoms with van der Waals surface area (Å²) in [6.45, 7) is 1.73. The average Bonchev–Trinajstić information content (AvgIpc) is 2.81. The van der Waals surface area contributed by atoms with E-state index in [0.717, 1.165) is 11.4 Å². The summed E-state index contributed by atoms with van der Waals surface area (Å²) in [4.78, 5) is 21.8. The number of nitrogens with one attached hydrogen (secondary N) is 1. The molecule has 0 spiro atoms. The van der Waals surface area contributed by atoms with Crippen LogP contribution in [0.2, 0.25) is 5.28 Å². The number of aryl methyl sites for hydroxylation is 1. The van der Waals surface area contributed by atoms with E-state index < -0.39 is 5.97 Å². The topological polar surface area (TPSA) is 78.3 Å². The first-order chi connectivity index (χ1) is 10.9. The zero-order valence-electron chi connectivity index (χ0n) is 12.3. The SMILES string of the molecule is Cc1nc(Cl)nc(/C(C(=O)O)=C2\Nc3ccccc3N2C)c1Br. The van der Waals surface area contributed by atoms with E-state index in [2.05, 4.69) is 31.2 Å². The van der Waals surface area contributed by atoms with Crippen LogP contribution in [-0.4, -0.2) is 28.1 Å². The van der Waals surface area contributed by atoms with Gasteiger partial charge in [-0.05, 0) is 46.6 Å². The largest absolute Gasteiger partial charge is 0.477 e. The molecule has 0 bridgehead atoms. The van der Waals surface area contributed by atoms with E-state index in [-0.39, 0.29) is 16.6 Å². The van der Waals surface area contributed by atoms with Gasteiger partial charge in [0.2, 0.25) is 5.28 Å². The van der Waals surface area contributed by atoms with Crippen molar-refractivity contribution in [2.24, 2.45) is 0 Å². The first-order valence-electron chi connectivity index (χ1n) is 6.67. The van der Waals surface area contributed by atoms with Gasteiger partial charge in [-0.2, -0.15) is 0 Å².